The predicted octanol–water partition coefficient (Wildman–Crippen LogP) is 3.65. The maximum absolute atomic E-state index is 13.3. The van der Waals surface area contributed by atoms with Crippen molar-refractivity contribution in [2.24, 2.45) is 0 Å². The van der Waals surface area contributed by atoms with E-state index in [2.05, 4.69) is 20.6 Å². The van der Waals surface area contributed by atoms with Crippen molar-refractivity contribution in [1.29, 1.82) is 0 Å². The minimum absolute atomic E-state index is 0.0238. The number of anilines is 1. The molecule has 0 aliphatic carbocycles. The van der Waals surface area contributed by atoms with Gasteiger partial charge in [0.1, 0.15) is 17.7 Å². The highest BCUT2D eigenvalue weighted by molar-refractivity contribution is 6.34. The summed E-state index contributed by atoms with van der Waals surface area (Å²) in [5.41, 5.74) is 1.31. The van der Waals surface area contributed by atoms with Gasteiger partial charge in [-0.2, -0.15) is 0 Å². The van der Waals surface area contributed by atoms with Crippen molar-refractivity contribution in [3.05, 3.63) is 82.1 Å². The molecule has 0 saturated carbocycles. The number of imidazole rings is 1. The number of carbonyl (C=O) groups excluding carboxylic acids is 3. The molecule has 1 saturated heterocycles. The third-order valence-corrected chi connectivity index (χ3v) is 6.13. The van der Waals surface area contributed by atoms with E-state index < -0.39 is 23.8 Å². The second-order valence-corrected chi connectivity index (χ2v) is 8.85. The van der Waals surface area contributed by atoms with Gasteiger partial charge in [0.15, 0.2) is 11.5 Å². The van der Waals surface area contributed by atoms with Crippen LogP contribution in [0.1, 0.15) is 43.3 Å². The number of aromatic nitrogens is 2. The van der Waals surface area contributed by atoms with Crippen molar-refractivity contribution in [3.8, 4) is 0 Å². The Morgan fingerprint density at radius 1 is 1.14 bits per heavy atom. The first kappa shape index (κ1) is 25.5. The number of ketones is 1. The number of hydrogen-bond donors (Lipinski definition) is 3. The first-order chi connectivity index (χ1) is 17.3. The zero-order valence-electron chi connectivity index (χ0n) is 19.2. The zero-order chi connectivity index (χ0) is 25.7. The fourth-order valence-corrected chi connectivity index (χ4v) is 4.21. The second-order valence-electron chi connectivity index (χ2n) is 8.44. The number of hydrogen-bond acceptors (Lipinski definition) is 5. The van der Waals surface area contributed by atoms with Gasteiger partial charge in [0.05, 0.1) is 11.3 Å². The SMILES string of the molecule is O=C(Cc1ccc(NC(=O)c2nc[nH]c2C(=O)NCCN2CC[C@H](F)C2)cc1)c1ccc(F)cc1Cl. The van der Waals surface area contributed by atoms with Gasteiger partial charge in [-0.3, -0.25) is 19.3 Å². The maximum Gasteiger partial charge on any atom is 0.276 e. The van der Waals surface area contributed by atoms with Crippen LogP contribution < -0.4 is 10.6 Å². The molecule has 0 unspecified atom stereocenters. The Morgan fingerprint density at radius 3 is 2.61 bits per heavy atom. The second kappa shape index (κ2) is 11.4. The largest absolute Gasteiger partial charge is 0.349 e. The summed E-state index contributed by atoms with van der Waals surface area (Å²) in [6, 6.07) is 10.2. The quantitative estimate of drug-likeness (QED) is 0.377. The molecular weight excluding hydrogens is 492 g/mol. The number of carbonyl (C=O) groups is 3. The van der Waals surface area contributed by atoms with Gasteiger partial charge in [-0.15, -0.1) is 0 Å². The van der Waals surface area contributed by atoms with Crippen molar-refractivity contribution in [2.75, 3.05) is 31.5 Å². The Hall–Kier alpha value is -3.63. The third-order valence-electron chi connectivity index (χ3n) is 5.82. The lowest BCUT2D eigenvalue weighted by Crippen LogP contribution is -2.35. The van der Waals surface area contributed by atoms with Gasteiger partial charge >= 0.3 is 0 Å². The highest BCUT2D eigenvalue weighted by Gasteiger charge is 2.23. The summed E-state index contributed by atoms with van der Waals surface area (Å²) in [5, 5.41) is 5.44. The Bertz CT molecular complexity index is 1260. The van der Waals surface area contributed by atoms with Crippen molar-refractivity contribution < 1.29 is 23.2 Å². The average molecular weight is 516 g/mol. The summed E-state index contributed by atoms with van der Waals surface area (Å²) in [6.07, 6.45) is 0.977. The van der Waals surface area contributed by atoms with Crippen LogP contribution in [0.15, 0.2) is 48.8 Å². The molecule has 1 aliphatic heterocycles. The van der Waals surface area contributed by atoms with Gasteiger partial charge in [0, 0.05) is 43.9 Å². The first-order valence-corrected chi connectivity index (χ1v) is 11.7. The molecule has 0 spiro atoms. The number of nitrogens with one attached hydrogen (secondary N) is 3. The molecule has 36 heavy (non-hydrogen) atoms. The van der Waals surface area contributed by atoms with E-state index in [-0.39, 0.29) is 34.2 Å². The topological polar surface area (TPSA) is 107 Å². The van der Waals surface area contributed by atoms with E-state index in [1.165, 1.54) is 18.5 Å². The molecule has 1 fully saturated rings. The molecule has 2 amide bonds. The standard InChI is InChI=1S/C25H24ClF2N5O3/c26-20-12-16(27)3-6-19(20)21(34)11-15-1-4-18(5-2-15)32-25(36)23-22(30-14-31-23)24(35)29-8-10-33-9-7-17(28)13-33/h1-6,12,14,17H,7-11,13H2,(H,29,35)(H,30,31)(H,32,36)/t17-/m0/s1. The van der Waals surface area contributed by atoms with Crippen molar-refractivity contribution >= 4 is 34.9 Å². The van der Waals surface area contributed by atoms with E-state index in [1.54, 1.807) is 24.3 Å². The summed E-state index contributed by atoms with van der Waals surface area (Å²) in [4.78, 5) is 46.3. The molecule has 8 nitrogen and oxygen atoms in total. The van der Waals surface area contributed by atoms with E-state index in [9.17, 15) is 23.2 Å². The molecule has 1 aromatic heterocycles. The first-order valence-electron chi connectivity index (χ1n) is 11.4. The lowest BCUT2D eigenvalue weighted by Gasteiger charge is -2.14. The highest BCUT2D eigenvalue weighted by atomic mass is 35.5. The molecule has 11 heteroatoms. The number of alkyl halides is 1. The van der Waals surface area contributed by atoms with Crippen molar-refractivity contribution in [1.82, 2.24) is 20.2 Å². The number of aromatic amines is 1. The third kappa shape index (κ3) is 6.32. The number of likely N-dealkylation sites (tertiary alicyclic amines) is 1. The molecule has 3 aromatic rings. The Morgan fingerprint density at radius 2 is 1.92 bits per heavy atom. The number of Topliss-reactive ketones (excluding diaryl/α,β-unsaturated/α-hetero) is 1. The van der Waals surface area contributed by atoms with Crippen LogP contribution in [0.3, 0.4) is 0 Å². The summed E-state index contributed by atoms with van der Waals surface area (Å²) >= 11 is 5.96. The zero-order valence-corrected chi connectivity index (χ0v) is 19.9. The van der Waals surface area contributed by atoms with Crippen LogP contribution in [-0.4, -0.2) is 64.8 Å². The minimum atomic E-state index is -0.827. The molecular formula is C25H24ClF2N5O3. The van der Waals surface area contributed by atoms with Gasteiger partial charge in [0.25, 0.3) is 11.8 Å². The molecule has 3 N–H and O–H groups in total. The van der Waals surface area contributed by atoms with Crippen molar-refractivity contribution in [2.45, 2.75) is 19.0 Å². The van der Waals surface area contributed by atoms with E-state index in [0.717, 1.165) is 6.07 Å². The van der Waals surface area contributed by atoms with E-state index in [4.69, 9.17) is 11.6 Å². The Balaban J connectivity index is 1.31. The normalized spacial score (nSPS) is 15.6. The average Bonchev–Trinajstić information content (AvgIpc) is 3.49. The molecule has 0 radical (unpaired) electrons. The molecule has 2 aromatic carbocycles. The summed E-state index contributed by atoms with van der Waals surface area (Å²) in [7, 11) is 0. The number of rotatable bonds is 9. The number of H-pyrrole nitrogens is 1. The van der Waals surface area contributed by atoms with Crippen LogP contribution in [-0.2, 0) is 6.42 Å². The minimum Gasteiger partial charge on any atom is -0.349 e. The monoisotopic (exact) mass is 515 g/mol. The summed E-state index contributed by atoms with van der Waals surface area (Å²) in [6.45, 7) is 1.85. The van der Waals surface area contributed by atoms with Crippen LogP contribution in [0.2, 0.25) is 5.02 Å². The van der Waals surface area contributed by atoms with Gasteiger partial charge < -0.3 is 15.6 Å². The number of nitrogens with zero attached hydrogens (tertiary/aromatic N) is 2. The highest BCUT2D eigenvalue weighted by Crippen LogP contribution is 2.20. The van der Waals surface area contributed by atoms with Gasteiger partial charge in [-0.05, 0) is 42.3 Å². The number of amides is 2. The molecule has 1 atom stereocenters. The van der Waals surface area contributed by atoms with Gasteiger partial charge in [0.2, 0.25) is 0 Å². The number of halogens is 3. The van der Waals surface area contributed by atoms with E-state index in [1.807, 2.05) is 4.90 Å². The van der Waals surface area contributed by atoms with Crippen LogP contribution in [0.4, 0.5) is 14.5 Å². The van der Waals surface area contributed by atoms with E-state index in [0.29, 0.717) is 43.9 Å². The van der Waals surface area contributed by atoms with Gasteiger partial charge in [-0.1, -0.05) is 23.7 Å². The predicted molar refractivity (Wildman–Crippen MR) is 131 cm³/mol. The molecule has 0 bridgehead atoms. The molecule has 2 heterocycles. The van der Waals surface area contributed by atoms with Crippen LogP contribution in [0, 0.1) is 5.82 Å². The summed E-state index contributed by atoms with van der Waals surface area (Å²) < 4.78 is 26.5. The van der Waals surface area contributed by atoms with Crippen molar-refractivity contribution in [3.63, 3.8) is 0 Å². The van der Waals surface area contributed by atoms with Crippen LogP contribution >= 0.6 is 11.6 Å². The lowest BCUT2D eigenvalue weighted by molar-refractivity contribution is 0.0931. The number of benzene rings is 2. The van der Waals surface area contributed by atoms with Gasteiger partial charge in [-0.25, -0.2) is 13.8 Å². The molecule has 1 aliphatic rings. The van der Waals surface area contributed by atoms with Crippen LogP contribution in [0.25, 0.3) is 0 Å². The fraction of sp³-hybridized carbons (Fsp3) is 0.280. The van der Waals surface area contributed by atoms with Crippen LogP contribution in [0.5, 0.6) is 0 Å². The smallest absolute Gasteiger partial charge is 0.276 e. The Labute approximate surface area is 211 Å². The molecule has 188 valence electrons. The fourth-order valence-electron chi connectivity index (χ4n) is 3.94. The maximum atomic E-state index is 13.3. The lowest BCUT2D eigenvalue weighted by atomic mass is 10.0. The summed E-state index contributed by atoms with van der Waals surface area (Å²) in [5.74, 6) is -1.85. The Kier molecular flexibility index (Phi) is 8.07. The van der Waals surface area contributed by atoms with E-state index >= 15 is 0 Å². The molecule has 4 rings (SSSR count).